The average molecular weight is 724 g/mol. The van der Waals surface area contributed by atoms with Crippen molar-refractivity contribution in [2.75, 3.05) is 26.7 Å². The summed E-state index contributed by atoms with van der Waals surface area (Å²) in [6.45, 7) is 0.455. The van der Waals surface area contributed by atoms with Crippen LogP contribution in [-0.2, 0) is 40.5 Å². The van der Waals surface area contributed by atoms with E-state index in [0.29, 0.717) is 48.1 Å². The van der Waals surface area contributed by atoms with Crippen molar-refractivity contribution >= 4 is 30.0 Å². The topological polar surface area (TPSA) is 181 Å². The maximum atomic E-state index is 13.7. The number of amides is 2. The van der Waals surface area contributed by atoms with E-state index in [4.69, 9.17) is 14.2 Å². The fourth-order valence-corrected chi connectivity index (χ4v) is 8.51. The molecule has 4 N–H and O–H groups in total. The van der Waals surface area contributed by atoms with Crippen molar-refractivity contribution < 1.29 is 48.4 Å². The van der Waals surface area contributed by atoms with Crippen molar-refractivity contribution in [3.8, 4) is 5.75 Å². The number of rotatable bonds is 13. The lowest BCUT2D eigenvalue weighted by Gasteiger charge is -2.62. The highest BCUT2D eigenvalue weighted by molar-refractivity contribution is 5.85. The van der Waals surface area contributed by atoms with Crippen molar-refractivity contribution in [3.05, 3.63) is 112 Å². The lowest BCUT2D eigenvalue weighted by molar-refractivity contribution is -0.206. The van der Waals surface area contributed by atoms with Crippen LogP contribution in [0.4, 0.5) is 0 Å². The summed E-state index contributed by atoms with van der Waals surface area (Å²) in [7, 11) is 1.97. The summed E-state index contributed by atoms with van der Waals surface area (Å²) in [5.41, 5.74) is 0.718. The van der Waals surface area contributed by atoms with Gasteiger partial charge in [-0.15, -0.1) is 0 Å². The Morgan fingerprint density at radius 3 is 2.11 bits per heavy atom. The van der Waals surface area contributed by atoms with E-state index in [2.05, 4.69) is 15.5 Å². The standard InChI is InChI=1S/C40H41N3O10/c1-43-21-18-39-32-26-12-13-27(23-44)35(32)52-36(39)28(51-30(45)15-19-41-37(49)33(47)24-8-4-2-5-9-24)14-17-40(39,29(43)22-26)53-31(46)16-20-42-38(50)34(48)25-10-6-3-7-11-25/h2-14,23,29,33-34,36,47-48H,15-22H2,1H3,(H,41,49)(H,42,50)/t29-,33+,34+,36+,39+,40-/m1/s1. The maximum Gasteiger partial charge on any atom is 0.312 e. The zero-order valence-corrected chi connectivity index (χ0v) is 29.2. The van der Waals surface area contributed by atoms with Crippen molar-refractivity contribution in [2.24, 2.45) is 0 Å². The number of likely N-dealkylation sites (N-methyl/N-ethyl adjacent to an activating group) is 1. The number of ether oxygens (including phenoxy) is 3. The summed E-state index contributed by atoms with van der Waals surface area (Å²) >= 11 is 0. The zero-order valence-electron chi connectivity index (χ0n) is 29.2. The fourth-order valence-electron chi connectivity index (χ4n) is 8.51. The summed E-state index contributed by atoms with van der Waals surface area (Å²) in [4.78, 5) is 66.6. The molecule has 4 aliphatic rings. The second-order valence-corrected chi connectivity index (χ2v) is 13.9. The molecule has 0 saturated carbocycles. The highest BCUT2D eigenvalue weighted by Gasteiger charge is 2.74. The Hall–Kier alpha value is -5.37. The van der Waals surface area contributed by atoms with Crippen LogP contribution in [0.1, 0.15) is 70.5 Å². The van der Waals surface area contributed by atoms with Crippen LogP contribution in [0.25, 0.3) is 0 Å². The fraction of sp³-hybridized carbons (Fsp3) is 0.375. The van der Waals surface area contributed by atoms with E-state index in [9.17, 15) is 34.2 Å². The lowest BCUT2D eigenvalue weighted by atomic mass is 9.50. The SMILES string of the molecule is CN1CC[C@]23c4c5ccc(C=O)c4O[C@H]2C(OC(=O)CCNC(=O)[C@@H](O)c2ccccc2)=CC[C@@]3(OC(=O)CCNC(=O)[C@@H](O)c2ccccc2)[C@H]1C5. The second-order valence-electron chi connectivity index (χ2n) is 13.9. The van der Waals surface area contributed by atoms with Crippen molar-refractivity contribution in [3.63, 3.8) is 0 Å². The van der Waals surface area contributed by atoms with Gasteiger partial charge in [-0.1, -0.05) is 66.7 Å². The Bertz CT molecular complexity index is 1950. The quantitative estimate of drug-likeness (QED) is 0.150. The second kappa shape index (κ2) is 14.6. The van der Waals surface area contributed by atoms with E-state index < -0.39 is 53.1 Å². The molecule has 13 nitrogen and oxygen atoms in total. The number of benzene rings is 3. The molecule has 6 atom stereocenters. The first-order chi connectivity index (χ1) is 25.6. The zero-order chi connectivity index (χ0) is 37.3. The summed E-state index contributed by atoms with van der Waals surface area (Å²) in [6, 6.07) is 20.2. The van der Waals surface area contributed by atoms with E-state index >= 15 is 0 Å². The number of hydrogen-bond acceptors (Lipinski definition) is 11. The molecular weight excluding hydrogens is 682 g/mol. The van der Waals surface area contributed by atoms with Crippen LogP contribution in [-0.4, -0.2) is 89.6 Å². The molecule has 13 heteroatoms. The summed E-state index contributed by atoms with van der Waals surface area (Å²) in [5.74, 6) is -1.90. The largest absolute Gasteiger partial charge is 0.480 e. The number of hydrogen-bond donors (Lipinski definition) is 4. The molecule has 2 aliphatic carbocycles. The minimum absolute atomic E-state index is 0.0696. The minimum Gasteiger partial charge on any atom is -0.480 e. The highest BCUT2D eigenvalue weighted by Crippen LogP contribution is 2.65. The molecule has 1 saturated heterocycles. The number of aliphatic hydroxyl groups is 2. The molecule has 3 aromatic carbocycles. The predicted octanol–water partition coefficient (Wildman–Crippen LogP) is 2.35. The number of nitrogens with zero attached hydrogens (tertiary/aromatic N) is 1. The van der Waals surface area contributed by atoms with Gasteiger partial charge < -0.3 is 35.1 Å². The first-order valence-corrected chi connectivity index (χ1v) is 17.7. The number of aliphatic hydroxyl groups excluding tert-OH is 2. The van der Waals surface area contributed by atoms with E-state index in [1.807, 2.05) is 13.1 Å². The van der Waals surface area contributed by atoms with Crippen LogP contribution >= 0.6 is 0 Å². The summed E-state index contributed by atoms with van der Waals surface area (Å²) < 4.78 is 19.1. The van der Waals surface area contributed by atoms with Gasteiger partial charge in [-0.3, -0.25) is 28.9 Å². The number of nitrogens with one attached hydrogen (secondary N) is 2. The van der Waals surface area contributed by atoms with Gasteiger partial charge >= 0.3 is 11.9 Å². The van der Waals surface area contributed by atoms with Crippen LogP contribution in [0, 0.1) is 0 Å². The predicted molar refractivity (Wildman–Crippen MR) is 188 cm³/mol. The van der Waals surface area contributed by atoms with Crippen LogP contribution in [0.15, 0.2) is 84.6 Å². The van der Waals surface area contributed by atoms with Gasteiger partial charge in [0.15, 0.2) is 24.6 Å². The number of carbonyl (C=O) groups excluding carboxylic acids is 5. The molecule has 3 aromatic rings. The van der Waals surface area contributed by atoms with Gasteiger partial charge in [0, 0.05) is 25.1 Å². The minimum atomic E-state index is -1.39. The van der Waals surface area contributed by atoms with Gasteiger partial charge in [0.2, 0.25) is 0 Å². The first kappa shape index (κ1) is 36.0. The third kappa shape index (κ3) is 6.28. The molecule has 276 valence electrons. The molecule has 0 unspecified atom stereocenters. The van der Waals surface area contributed by atoms with Gasteiger partial charge in [0.25, 0.3) is 11.8 Å². The Kier molecular flexibility index (Phi) is 9.90. The Morgan fingerprint density at radius 1 is 0.906 bits per heavy atom. The van der Waals surface area contributed by atoms with Gasteiger partial charge in [-0.05, 0) is 55.3 Å². The third-order valence-corrected chi connectivity index (χ3v) is 11.0. The van der Waals surface area contributed by atoms with Gasteiger partial charge in [0.1, 0.15) is 17.1 Å². The Balaban J connectivity index is 1.10. The molecule has 2 amide bonds. The van der Waals surface area contributed by atoms with Crippen LogP contribution in [0.2, 0.25) is 0 Å². The van der Waals surface area contributed by atoms with E-state index in [1.165, 1.54) is 0 Å². The Morgan fingerprint density at radius 2 is 1.51 bits per heavy atom. The van der Waals surface area contributed by atoms with Gasteiger partial charge in [0.05, 0.1) is 29.9 Å². The molecule has 2 bridgehead atoms. The van der Waals surface area contributed by atoms with Crippen molar-refractivity contribution in [1.29, 1.82) is 0 Å². The Labute approximate surface area is 305 Å². The normalized spacial score (nSPS) is 24.7. The number of aldehydes is 1. The molecule has 0 radical (unpaired) electrons. The van der Waals surface area contributed by atoms with Crippen LogP contribution < -0.4 is 15.4 Å². The lowest BCUT2D eigenvalue weighted by Crippen LogP contribution is -2.75. The van der Waals surface area contributed by atoms with E-state index in [-0.39, 0.29) is 44.2 Å². The summed E-state index contributed by atoms with van der Waals surface area (Å²) in [6.07, 6.45) is -0.486. The monoisotopic (exact) mass is 723 g/mol. The molecule has 1 spiro atoms. The number of likely N-dealkylation sites (tertiary alicyclic amines) is 1. The maximum absolute atomic E-state index is 13.7. The molecule has 1 fully saturated rings. The molecule has 2 aliphatic heterocycles. The molecular formula is C40H41N3O10. The van der Waals surface area contributed by atoms with Gasteiger partial charge in [-0.2, -0.15) is 0 Å². The van der Waals surface area contributed by atoms with Crippen LogP contribution in [0.5, 0.6) is 5.75 Å². The number of carbonyl (C=O) groups is 5. The van der Waals surface area contributed by atoms with E-state index in [0.717, 1.165) is 11.1 Å². The highest BCUT2D eigenvalue weighted by atomic mass is 16.6. The number of esters is 2. The molecule has 7 rings (SSSR count). The van der Waals surface area contributed by atoms with Crippen LogP contribution in [0.3, 0.4) is 0 Å². The summed E-state index contributed by atoms with van der Waals surface area (Å²) in [5, 5.41) is 26.0. The number of piperidine rings is 1. The average Bonchev–Trinajstić information content (AvgIpc) is 3.53. The van der Waals surface area contributed by atoms with Crippen molar-refractivity contribution in [2.45, 2.75) is 67.5 Å². The molecule has 53 heavy (non-hydrogen) atoms. The third-order valence-electron chi connectivity index (χ3n) is 11.0. The van der Waals surface area contributed by atoms with E-state index in [1.54, 1.807) is 72.8 Å². The van der Waals surface area contributed by atoms with Crippen molar-refractivity contribution in [1.82, 2.24) is 15.5 Å². The molecule has 2 heterocycles. The smallest absolute Gasteiger partial charge is 0.312 e. The van der Waals surface area contributed by atoms with Gasteiger partial charge in [-0.25, -0.2) is 0 Å². The molecule has 0 aromatic heterocycles. The first-order valence-electron chi connectivity index (χ1n) is 17.7.